The molecule has 5 aromatic rings. The fourth-order valence-corrected chi connectivity index (χ4v) is 3.52. The molecule has 0 unspecified atom stereocenters. The van der Waals surface area contributed by atoms with Crippen LogP contribution in [0, 0.1) is 0 Å². The van der Waals surface area contributed by atoms with Crippen molar-refractivity contribution in [2.45, 2.75) is 6.18 Å². The molecule has 7 nitrogen and oxygen atoms in total. The summed E-state index contributed by atoms with van der Waals surface area (Å²) in [6.07, 6.45) is 0.570. The zero-order valence-electron chi connectivity index (χ0n) is 17.4. The van der Waals surface area contributed by atoms with Gasteiger partial charge in [0, 0.05) is 23.5 Å². The van der Waals surface area contributed by atoms with Crippen LogP contribution in [0.4, 0.5) is 19.0 Å². The standard InChI is InChI=1S/C24H15F3N6O/c25-24(26,27)20-11-19(16-7-4-10-28-12-16)32-33(20)22-14-29-21(13-30-22)31-23(34)18-9-3-6-15-5-1-2-8-17(15)18/h1-14H,(H,29,31,34). The fourth-order valence-electron chi connectivity index (χ4n) is 3.52. The van der Waals surface area contributed by atoms with Crippen molar-refractivity contribution in [3.63, 3.8) is 0 Å². The number of aromatic nitrogens is 5. The molecule has 0 fully saturated rings. The summed E-state index contributed by atoms with van der Waals surface area (Å²) in [7, 11) is 0. The fraction of sp³-hybridized carbons (Fsp3) is 0.0417. The Hall–Kier alpha value is -4.60. The van der Waals surface area contributed by atoms with E-state index in [0.717, 1.165) is 23.0 Å². The van der Waals surface area contributed by atoms with Crippen molar-refractivity contribution in [2.24, 2.45) is 0 Å². The van der Waals surface area contributed by atoms with Crippen molar-refractivity contribution in [1.82, 2.24) is 24.7 Å². The van der Waals surface area contributed by atoms with Crippen LogP contribution >= 0.6 is 0 Å². The minimum atomic E-state index is -4.67. The van der Waals surface area contributed by atoms with Crippen molar-refractivity contribution in [3.05, 3.63) is 96.7 Å². The first-order chi connectivity index (χ1) is 16.4. The molecule has 0 bridgehead atoms. The number of nitrogens with one attached hydrogen (secondary N) is 1. The number of alkyl halides is 3. The first kappa shape index (κ1) is 21.3. The molecule has 34 heavy (non-hydrogen) atoms. The summed E-state index contributed by atoms with van der Waals surface area (Å²) in [6, 6.07) is 16.9. The van der Waals surface area contributed by atoms with Crippen molar-refractivity contribution < 1.29 is 18.0 Å². The van der Waals surface area contributed by atoms with Gasteiger partial charge in [-0.05, 0) is 35.0 Å². The lowest BCUT2D eigenvalue weighted by molar-refractivity contribution is -0.142. The molecule has 1 N–H and O–H groups in total. The molecule has 2 aromatic carbocycles. The van der Waals surface area contributed by atoms with Crippen LogP contribution in [0.25, 0.3) is 27.8 Å². The van der Waals surface area contributed by atoms with Gasteiger partial charge in [-0.2, -0.15) is 18.3 Å². The molecule has 0 spiro atoms. The van der Waals surface area contributed by atoms with E-state index in [1.54, 1.807) is 24.3 Å². The molecule has 10 heteroatoms. The van der Waals surface area contributed by atoms with E-state index in [4.69, 9.17) is 0 Å². The van der Waals surface area contributed by atoms with E-state index < -0.39 is 17.8 Å². The Kier molecular flexibility index (Phi) is 5.25. The summed E-state index contributed by atoms with van der Waals surface area (Å²) < 4.78 is 41.6. The lowest BCUT2D eigenvalue weighted by Gasteiger charge is -2.10. The lowest BCUT2D eigenvalue weighted by atomic mass is 10.0. The number of fused-ring (bicyclic) bond motifs is 1. The van der Waals surface area contributed by atoms with E-state index in [0.29, 0.717) is 15.8 Å². The van der Waals surface area contributed by atoms with Gasteiger partial charge in [0.2, 0.25) is 0 Å². The van der Waals surface area contributed by atoms with Gasteiger partial charge in [-0.25, -0.2) is 14.6 Å². The first-order valence-electron chi connectivity index (χ1n) is 10.1. The molecule has 3 heterocycles. The Morgan fingerprint density at radius 1 is 0.912 bits per heavy atom. The second-order valence-electron chi connectivity index (χ2n) is 7.31. The van der Waals surface area contributed by atoms with Gasteiger partial charge >= 0.3 is 6.18 Å². The predicted molar refractivity (Wildman–Crippen MR) is 119 cm³/mol. The summed E-state index contributed by atoms with van der Waals surface area (Å²) in [5.74, 6) is -0.465. The zero-order valence-corrected chi connectivity index (χ0v) is 17.4. The molecule has 0 aliphatic rings. The summed E-state index contributed by atoms with van der Waals surface area (Å²) in [4.78, 5) is 24.8. The summed E-state index contributed by atoms with van der Waals surface area (Å²) in [5.41, 5.74) is -0.0426. The number of pyridine rings is 1. The third-order valence-electron chi connectivity index (χ3n) is 5.09. The first-order valence-corrected chi connectivity index (χ1v) is 10.1. The maximum absolute atomic E-state index is 13.6. The maximum atomic E-state index is 13.6. The number of anilines is 1. The van der Waals surface area contributed by atoms with Gasteiger partial charge in [0.1, 0.15) is 0 Å². The minimum Gasteiger partial charge on any atom is -0.305 e. The Balaban J connectivity index is 1.44. The molecule has 5 rings (SSSR count). The molecule has 0 aliphatic carbocycles. The molecule has 0 atom stereocenters. The summed E-state index contributed by atoms with van der Waals surface area (Å²) in [6.45, 7) is 0. The highest BCUT2D eigenvalue weighted by Crippen LogP contribution is 2.33. The summed E-state index contributed by atoms with van der Waals surface area (Å²) in [5, 5.41) is 8.36. The van der Waals surface area contributed by atoms with Gasteiger partial charge < -0.3 is 5.32 Å². The Bertz CT molecular complexity index is 1480. The largest absolute Gasteiger partial charge is 0.433 e. The van der Waals surface area contributed by atoms with Crippen LogP contribution < -0.4 is 5.32 Å². The Labute approximate surface area is 190 Å². The van der Waals surface area contributed by atoms with Crippen molar-refractivity contribution in [1.29, 1.82) is 0 Å². The maximum Gasteiger partial charge on any atom is 0.433 e. The smallest absolute Gasteiger partial charge is 0.305 e. The normalized spacial score (nSPS) is 11.5. The summed E-state index contributed by atoms with van der Waals surface area (Å²) >= 11 is 0. The van der Waals surface area contributed by atoms with Crippen molar-refractivity contribution >= 4 is 22.5 Å². The molecule has 0 aliphatic heterocycles. The third kappa shape index (κ3) is 4.08. The molecular formula is C24H15F3N6O. The van der Waals surface area contributed by atoms with Gasteiger partial charge in [0.15, 0.2) is 17.3 Å². The lowest BCUT2D eigenvalue weighted by Crippen LogP contribution is -2.16. The molecule has 1 amide bonds. The van der Waals surface area contributed by atoms with Crippen LogP contribution in [-0.2, 0) is 6.18 Å². The zero-order chi connectivity index (χ0) is 23.7. The average Bonchev–Trinajstić information content (AvgIpc) is 3.31. The van der Waals surface area contributed by atoms with Crippen LogP contribution in [0.3, 0.4) is 0 Å². The van der Waals surface area contributed by atoms with Gasteiger partial charge in [-0.1, -0.05) is 36.4 Å². The highest BCUT2D eigenvalue weighted by Gasteiger charge is 2.37. The molecular weight excluding hydrogens is 445 g/mol. The number of rotatable bonds is 4. The van der Waals surface area contributed by atoms with E-state index in [1.165, 1.54) is 18.6 Å². The second-order valence-corrected chi connectivity index (χ2v) is 7.31. The van der Waals surface area contributed by atoms with E-state index in [2.05, 4.69) is 25.4 Å². The van der Waals surface area contributed by atoms with Gasteiger partial charge in [0.25, 0.3) is 5.91 Å². The Morgan fingerprint density at radius 3 is 2.47 bits per heavy atom. The van der Waals surface area contributed by atoms with E-state index in [9.17, 15) is 18.0 Å². The molecule has 0 saturated carbocycles. The second kappa shape index (κ2) is 8.39. The quantitative estimate of drug-likeness (QED) is 0.401. The monoisotopic (exact) mass is 460 g/mol. The molecule has 0 radical (unpaired) electrons. The number of benzene rings is 2. The number of carbonyl (C=O) groups excluding carboxylic acids is 1. The van der Waals surface area contributed by atoms with Crippen LogP contribution in [0.1, 0.15) is 16.1 Å². The van der Waals surface area contributed by atoms with Crippen LogP contribution in [0.15, 0.2) is 85.5 Å². The van der Waals surface area contributed by atoms with Gasteiger partial charge in [-0.3, -0.25) is 9.78 Å². The number of amides is 1. The molecule has 168 valence electrons. The number of hydrogen-bond acceptors (Lipinski definition) is 5. The van der Waals surface area contributed by atoms with E-state index in [1.807, 2.05) is 30.3 Å². The predicted octanol–water partition coefficient (Wildman–Crippen LogP) is 5.15. The van der Waals surface area contributed by atoms with Crippen LogP contribution in [0.5, 0.6) is 0 Å². The molecule has 0 saturated heterocycles. The van der Waals surface area contributed by atoms with Gasteiger partial charge in [0.05, 0.1) is 18.1 Å². The number of halogens is 3. The van der Waals surface area contributed by atoms with Crippen molar-refractivity contribution in [2.75, 3.05) is 5.32 Å². The SMILES string of the molecule is O=C(Nc1cnc(-n2nc(-c3cccnc3)cc2C(F)(F)F)cn1)c1cccc2ccccc12. The Morgan fingerprint density at radius 2 is 1.74 bits per heavy atom. The van der Waals surface area contributed by atoms with Crippen molar-refractivity contribution in [3.8, 4) is 17.1 Å². The van der Waals surface area contributed by atoms with E-state index in [-0.39, 0.29) is 17.3 Å². The molecule has 3 aromatic heterocycles. The average molecular weight is 460 g/mol. The topological polar surface area (TPSA) is 85.6 Å². The van der Waals surface area contributed by atoms with Crippen LogP contribution in [0.2, 0.25) is 0 Å². The van der Waals surface area contributed by atoms with Crippen LogP contribution in [-0.4, -0.2) is 30.6 Å². The highest BCUT2D eigenvalue weighted by atomic mass is 19.4. The number of hydrogen-bond donors (Lipinski definition) is 1. The number of nitrogens with zero attached hydrogens (tertiary/aromatic N) is 5. The number of carbonyl (C=O) groups is 1. The highest BCUT2D eigenvalue weighted by molar-refractivity contribution is 6.12. The van der Waals surface area contributed by atoms with Gasteiger partial charge in [-0.15, -0.1) is 0 Å². The third-order valence-corrected chi connectivity index (χ3v) is 5.09. The minimum absolute atomic E-state index is 0.0925. The van der Waals surface area contributed by atoms with E-state index >= 15 is 0 Å².